The van der Waals surface area contributed by atoms with Crippen LogP contribution in [0.25, 0.3) is 0 Å². The molecular formula is C15H14F5N3. The summed E-state index contributed by atoms with van der Waals surface area (Å²) in [7, 11) is 0. The number of fused-ring (bicyclic) bond motifs is 1. The lowest BCUT2D eigenvalue weighted by Gasteiger charge is -2.30. The molecule has 0 bridgehead atoms. The van der Waals surface area contributed by atoms with Gasteiger partial charge in [-0.2, -0.15) is 13.2 Å². The first-order valence-electron chi connectivity index (χ1n) is 7.07. The van der Waals surface area contributed by atoms with E-state index in [1.165, 1.54) is 16.7 Å². The van der Waals surface area contributed by atoms with Crippen LogP contribution < -0.4 is 5.73 Å². The van der Waals surface area contributed by atoms with Gasteiger partial charge < -0.3 is 10.3 Å². The Morgan fingerprint density at radius 1 is 1.26 bits per heavy atom. The molecule has 0 radical (unpaired) electrons. The van der Waals surface area contributed by atoms with E-state index in [1.54, 1.807) is 0 Å². The molecule has 0 fully saturated rings. The van der Waals surface area contributed by atoms with Gasteiger partial charge in [0.2, 0.25) is 0 Å². The van der Waals surface area contributed by atoms with E-state index in [1.807, 2.05) is 0 Å². The molecule has 0 spiro atoms. The predicted octanol–water partition coefficient (Wildman–Crippen LogP) is 3.45. The molecule has 8 heteroatoms. The fourth-order valence-electron chi connectivity index (χ4n) is 3.05. The van der Waals surface area contributed by atoms with Crippen molar-refractivity contribution >= 4 is 0 Å². The van der Waals surface area contributed by atoms with E-state index in [2.05, 4.69) is 4.98 Å². The Hall–Kier alpha value is -1.96. The number of imidazole rings is 1. The van der Waals surface area contributed by atoms with Crippen molar-refractivity contribution in [3.63, 3.8) is 0 Å². The lowest BCUT2D eigenvalue weighted by molar-refractivity contribution is -0.128. The van der Waals surface area contributed by atoms with Gasteiger partial charge in [-0.15, -0.1) is 0 Å². The molecule has 23 heavy (non-hydrogen) atoms. The second-order valence-electron chi connectivity index (χ2n) is 5.69. The van der Waals surface area contributed by atoms with Crippen LogP contribution in [0, 0.1) is 11.6 Å². The standard InChI is InChI=1S/C15H14F5N3/c16-11-3-1-2-10(13(11)17)8-4-12(21)14-22-6-9(23(14)7-8)5-15(18,19)20/h1-3,6,8,12H,4-5,7,21H2/t8-,12+/m1/s1. The molecule has 1 aliphatic rings. The van der Waals surface area contributed by atoms with Crippen molar-refractivity contribution in [2.24, 2.45) is 5.73 Å². The summed E-state index contributed by atoms with van der Waals surface area (Å²) in [5.74, 6) is -2.12. The van der Waals surface area contributed by atoms with E-state index in [9.17, 15) is 22.0 Å². The predicted molar refractivity (Wildman–Crippen MR) is 72.6 cm³/mol. The van der Waals surface area contributed by atoms with Crippen molar-refractivity contribution in [3.8, 4) is 0 Å². The largest absolute Gasteiger partial charge is 0.394 e. The normalized spacial score (nSPS) is 21.3. The third-order valence-electron chi connectivity index (χ3n) is 4.05. The quantitative estimate of drug-likeness (QED) is 0.857. The molecule has 2 heterocycles. The number of alkyl halides is 3. The number of hydrogen-bond acceptors (Lipinski definition) is 2. The molecule has 2 N–H and O–H groups in total. The topological polar surface area (TPSA) is 43.8 Å². The Bertz CT molecular complexity index is 722. The van der Waals surface area contributed by atoms with Gasteiger partial charge >= 0.3 is 6.18 Å². The van der Waals surface area contributed by atoms with Gasteiger partial charge in [0, 0.05) is 24.4 Å². The van der Waals surface area contributed by atoms with Crippen LogP contribution in [0.15, 0.2) is 24.4 Å². The SMILES string of the molecule is N[C@H]1C[C@@H](c2cccc(F)c2F)Cn2c(CC(F)(F)F)cnc21. The van der Waals surface area contributed by atoms with Crippen LogP contribution in [0.3, 0.4) is 0 Å². The van der Waals surface area contributed by atoms with Crippen molar-refractivity contribution in [1.82, 2.24) is 9.55 Å². The second kappa shape index (κ2) is 5.59. The molecule has 0 unspecified atom stereocenters. The molecule has 2 atom stereocenters. The second-order valence-corrected chi connectivity index (χ2v) is 5.69. The molecule has 1 aliphatic heterocycles. The van der Waals surface area contributed by atoms with Crippen molar-refractivity contribution in [2.75, 3.05) is 0 Å². The third-order valence-corrected chi connectivity index (χ3v) is 4.05. The van der Waals surface area contributed by atoms with Gasteiger partial charge in [0.15, 0.2) is 11.6 Å². The van der Waals surface area contributed by atoms with Gasteiger partial charge in [-0.25, -0.2) is 13.8 Å². The summed E-state index contributed by atoms with van der Waals surface area (Å²) in [6.07, 6.45) is -4.07. The molecule has 3 rings (SSSR count). The van der Waals surface area contributed by atoms with Crippen LogP contribution in [-0.4, -0.2) is 15.7 Å². The number of benzene rings is 1. The van der Waals surface area contributed by atoms with Crippen LogP contribution in [0.2, 0.25) is 0 Å². The van der Waals surface area contributed by atoms with E-state index in [4.69, 9.17) is 5.73 Å². The molecule has 2 aromatic rings. The Labute approximate surface area is 128 Å². The van der Waals surface area contributed by atoms with Gasteiger partial charge in [-0.1, -0.05) is 12.1 Å². The molecule has 1 aromatic carbocycles. The maximum absolute atomic E-state index is 14.0. The number of nitrogens with zero attached hydrogens (tertiary/aromatic N) is 2. The lowest BCUT2D eigenvalue weighted by Crippen LogP contribution is -2.30. The summed E-state index contributed by atoms with van der Waals surface area (Å²) in [4.78, 5) is 3.96. The molecule has 0 saturated carbocycles. The molecule has 0 aliphatic carbocycles. The minimum absolute atomic E-state index is 0.0236. The molecule has 1 aromatic heterocycles. The Morgan fingerprint density at radius 2 is 2.00 bits per heavy atom. The first-order valence-corrected chi connectivity index (χ1v) is 7.07. The fourth-order valence-corrected chi connectivity index (χ4v) is 3.05. The number of nitrogens with two attached hydrogens (primary N) is 1. The highest BCUT2D eigenvalue weighted by atomic mass is 19.4. The van der Waals surface area contributed by atoms with E-state index < -0.39 is 36.2 Å². The highest BCUT2D eigenvalue weighted by Gasteiger charge is 2.34. The number of halogens is 5. The van der Waals surface area contributed by atoms with E-state index >= 15 is 0 Å². The Balaban J connectivity index is 1.96. The first-order chi connectivity index (χ1) is 10.8. The van der Waals surface area contributed by atoms with E-state index in [0.29, 0.717) is 12.2 Å². The minimum atomic E-state index is -4.38. The first kappa shape index (κ1) is 15.9. The smallest absolute Gasteiger partial charge is 0.330 e. The number of hydrogen-bond donors (Lipinski definition) is 1. The highest BCUT2D eigenvalue weighted by molar-refractivity contribution is 5.26. The van der Waals surface area contributed by atoms with Gasteiger partial charge in [0.1, 0.15) is 5.82 Å². The minimum Gasteiger partial charge on any atom is -0.330 e. The Morgan fingerprint density at radius 3 is 2.70 bits per heavy atom. The summed E-state index contributed by atoms with van der Waals surface area (Å²) in [6, 6.07) is 3.18. The van der Waals surface area contributed by atoms with Gasteiger partial charge in [-0.05, 0) is 18.1 Å². The van der Waals surface area contributed by atoms with Crippen LogP contribution in [0.4, 0.5) is 22.0 Å². The molecule has 3 nitrogen and oxygen atoms in total. The maximum Gasteiger partial charge on any atom is 0.394 e. The fraction of sp³-hybridized carbons (Fsp3) is 0.400. The summed E-state index contributed by atoms with van der Waals surface area (Å²) in [5.41, 5.74) is 6.06. The van der Waals surface area contributed by atoms with Gasteiger partial charge in [-0.3, -0.25) is 0 Å². The summed E-state index contributed by atoms with van der Waals surface area (Å²) >= 11 is 0. The van der Waals surface area contributed by atoms with Crippen molar-refractivity contribution in [3.05, 3.63) is 53.1 Å². The van der Waals surface area contributed by atoms with Crippen molar-refractivity contribution in [1.29, 1.82) is 0 Å². The lowest BCUT2D eigenvalue weighted by atomic mass is 9.88. The van der Waals surface area contributed by atoms with Crippen molar-refractivity contribution < 1.29 is 22.0 Å². The summed E-state index contributed by atoms with van der Waals surface area (Å²) in [6.45, 7) is 0.0921. The monoisotopic (exact) mass is 331 g/mol. The summed E-state index contributed by atoms with van der Waals surface area (Å²) in [5, 5.41) is 0. The zero-order valence-electron chi connectivity index (χ0n) is 11.9. The number of aromatic nitrogens is 2. The van der Waals surface area contributed by atoms with E-state index in [0.717, 1.165) is 12.3 Å². The highest BCUT2D eigenvalue weighted by Crippen LogP contribution is 2.36. The average molecular weight is 331 g/mol. The van der Waals surface area contributed by atoms with Crippen LogP contribution in [0.1, 0.15) is 35.5 Å². The van der Waals surface area contributed by atoms with Crippen LogP contribution in [-0.2, 0) is 13.0 Å². The Kier molecular flexibility index (Phi) is 3.87. The van der Waals surface area contributed by atoms with E-state index in [-0.39, 0.29) is 17.8 Å². The third kappa shape index (κ3) is 3.08. The zero-order chi connectivity index (χ0) is 16.8. The van der Waals surface area contributed by atoms with Gasteiger partial charge in [0.25, 0.3) is 0 Å². The van der Waals surface area contributed by atoms with Crippen LogP contribution >= 0.6 is 0 Å². The van der Waals surface area contributed by atoms with Crippen LogP contribution in [0.5, 0.6) is 0 Å². The molecule has 124 valence electrons. The number of rotatable bonds is 2. The average Bonchev–Trinajstić information content (AvgIpc) is 2.83. The maximum atomic E-state index is 14.0. The van der Waals surface area contributed by atoms with Crippen molar-refractivity contribution in [2.45, 2.75) is 37.5 Å². The van der Waals surface area contributed by atoms with Gasteiger partial charge in [0.05, 0.1) is 12.5 Å². The molecule has 0 saturated heterocycles. The molecule has 0 amide bonds. The molecular weight excluding hydrogens is 317 g/mol. The zero-order valence-corrected chi connectivity index (χ0v) is 11.9. The summed E-state index contributed by atoms with van der Waals surface area (Å²) < 4.78 is 66.7.